The number of rotatable bonds is 6. The van der Waals surface area contributed by atoms with Gasteiger partial charge in [0.05, 0.1) is 17.0 Å². The van der Waals surface area contributed by atoms with Gasteiger partial charge in [-0.05, 0) is 42.5 Å². The molecule has 32 heavy (non-hydrogen) atoms. The van der Waals surface area contributed by atoms with Crippen LogP contribution < -0.4 is 5.32 Å². The van der Waals surface area contributed by atoms with Crippen molar-refractivity contribution in [3.63, 3.8) is 0 Å². The molecular weight excluding hydrogens is 414 g/mol. The molecule has 3 aromatic carbocycles. The van der Waals surface area contributed by atoms with Gasteiger partial charge in [-0.15, -0.1) is 0 Å². The zero-order valence-corrected chi connectivity index (χ0v) is 16.5. The summed E-state index contributed by atoms with van der Waals surface area (Å²) in [6.07, 6.45) is 0. The number of benzene rings is 3. The second-order valence-corrected chi connectivity index (χ2v) is 6.97. The number of hydrogen-bond donors (Lipinski definition) is 1. The van der Waals surface area contributed by atoms with Crippen LogP contribution in [0.2, 0.25) is 0 Å². The highest BCUT2D eigenvalue weighted by atomic mass is 16.6. The average Bonchev–Trinajstić information content (AvgIpc) is 3.05. The van der Waals surface area contributed by atoms with Crippen LogP contribution in [0.25, 0.3) is 0 Å². The Bertz CT molecular complexity index is 1270. The van der Waals surface area contributed by atoms with Crippen molar-refractivity contribution < 1.29 is 24.1 Å². The lowest BCUT2D eigenvalue weighted by atomic mass is 10.1. The third-order valence-electron chi connectivity index (χ3n) is 4.98. The van der Waals surface area contributed by atoms with E-state index < -0.39 is 34.8 Å². The molecule has 0 unspecified atom stereocenters. The fraction of sp³-hybridized carbons (Fsp3) is 0.0435. The van der Waals surface area contributed by atoms with Crippen molar-refractivity contribution >= 4 is 34.9 Å². The molecule has 0 spiro atoms. The predicted octanol–water partition coefficient (Wildman–Crippen LogP) is 3.33. The van der Waals surface area contributed by atoms with E-state index in [4.69, 9.17) is 0 Å². The lowest BCUT2D eigenvalue weighted by Gasteiger charge is -2.13. The summed E-state index contributed by atoms with van der Waals surface area (Å²) in [6.45, 7) is -0.556. The fourth-order valence-electron chi connectivity index (χ4n) is 3.38. The lowest BCUT2D eigenvalue weighted by Crippen LogP contribution is -2.35. The first-order chi connectivity index (χ1) is 15.4. The van der Waals surface area contributed by atoms with E-state index in [1.165, 1.54) is 36.4 Å². The van der Waals surface area contributed by atoms with E-state index in [2.05, 4.69) is 5.32 Å². The number of ketones is 1. The Morgan fingerprint density at radius 1 is 0.844 bits per heavy atom. The Morgan fingerprint density at radius 3 is 2.19 bits per heavy atom. The number of carbonyl (C=O) groups excluding carboxylic acids is 4. The number of hydrogen-bond acceptors (Lipinski definition) is 6. The smallest absolute Gasteiger partial charge is 0.282 e. The summed E-state index contributed by atoms with van der Waals surface area (Å²) >= 11 is 0. The van der Waals surface area contributed by atoms with Gasteiger partial charge in [-0.25, -0.2) is 0 Å². The zero-order valence-electron chi connectivity index (χ0n) is 16.5. The molecule has 0 radical (unpaired) electrons. The van der Waals surface area contributed by atoms with Crippen molar-refractivity contribution in [3.8, 4) is 0 Å². The van der Waals surface area contributed by atoms with Gasteiger partial charge in [-0.2, -0.15) is 0 Å². The van der Waals surface area contributed by atoms with E-state index in [1.807, 2.05) is 0 Å². The molecule has 0 fully saturated rings. The minimum Gasteiger partial charge on any atom is -0.322 e. The average molecular weight is 429 g/mol. The Morgan fingerprint density at radius 2 is 1.53 bits per heavy atom. The number of imide groups is 1. The van der Waals surface area contributed by atoms with Crippen LogP contribution in [0.3, 0.4) is 0 Å². The molecule has 0 saturated carbocycles. The van der Waals surface area contributed by atoms with Crippen LogP contribution in [0, 0.1) is 10.1 Å². The van der Waals surface area contributed by atoms with Crippen LogP contribution in [0.5, 0.6) is 0 Å². The number of nitrogens with one attached hydrogen (secondary N) is 1. The molecule has 0 aliphatic carbocycles. The summed E-state index contributed by atoms with van der Waals surface area (Å²) in [6, 6.07) is 18.4. The normalized spacial score (nSPS) is 12.4. The maximum absolute atomic E-state index is 12.6. The topological polar surface area (TPSA) is 127 Å². The van der Waals surface area contributed by atoms with E-state index in [0.717, 1.165) is 6.07 Å². The van der Waals surface area contributed by atoms with E-state index in [1.54, 1.807) is 30.3 Å². The van der Waals surface area contributed by atoms with Crippen LogP contribution in [0.4, 0.5) is 11.4 Å². The van der Waals surface area contributed by atoms with Gasteiger partial charge < -0.3 is 5.32 Å². The highest BCUT2D eigenvalue weighted by Crippen LogP contribution is 2.30. The van der Waals surface area contributed by atoms with Gasteiger partial charge in [0.2, 0.25) is 0 Å². The molecule has 4 rings (SSSR count). The Kier molecular flexibility index (Phi) is 5.30. The summed E-state index contributed by atoms with van der Waals surface area (Å²) in [4.78, 5) is 61.2. The summed E-state index contributed by atoms with van der Waals surface area (Å²) < 4.78 is 0. The van der Waals surface area contributed by atoms with E-state index in [-0.39, 0.29) is 22.6 Å². The summed E-state index contributed by atoms with van der Waals surface area (Å²) in [5, 5.41) is 13.9. The first kappa shape index (κ1) is 20.6. The maximum Gasteiger partial charge on any atom is 0.282 e. The second-order valence-electron chi connectivity index (χ2n) is 6.97. The van der Waals surface area contributed by atoms with Gasteiger partial charge in [-0.1, -0.05) is 24.3 Å². The van der Waals surface area contributed by atoms with Crippen molar-refractivity contribution in [1.82, 2.24) is 4.90 Å². The molecule has 1 aliphatic rings. The number of nitro benzene ring substituents is 1. The molecule has 9 nitrogen and oxygen atoms in total. The summed E-state index contributed by atoms with van der Waals surface area (Å²) in [7, 11) is 0. The van der Waals surface area contributed by atoms with Gasteiger partial charge in [-0.3, -0.25) is 34.2 Å². The second kappa shape index (κ2) is 8.23. The van der Waals surface area contributed by atoms with Crippen molar-refractivity contribution in [2.45, 2.75) is 0 Å². The third-order valence-corrected chi connectivity index (χ3v) is 4.98. The van der Waals surface area contributed by atoms with Gasteiger partial charge >= 0.3 is 0 Å². The lowest BCUT2D eigenvalue weighted by molar-refractivity contribution is -0.385. The Hall–Kier alpha value is -4.66. The first-order valence-electron chi connectivity index (χ1n) is 9.50. The molecule has 1 aliphatic heterocycles. The Balaban J connectivity index is 1.47. The fourth-order valence-corrected chi connectivity index (χ4v) is 3.38. The van der Waals surface area contributed by atoms with E-state index in [9.17, 15) is 29.3 Å². The number of carbonyl (C=O) groups is 4. The molecule has 3 aromatic rings. The molecule has 158 valence electrons. The predicted molar refractivity (Wildman–Crippen MR) is 114 cm³/mol. The minimum absolute atomic E-state index is 0.101. The number of fused-ring (bicyclic) bond motifs is 1. The molecule has 3 amide bonds. The molecule has 0 aromatic heterocycles. The minimum atomic E-state index is -0.877. The van der Waals surface area contributed by atoms with Crippen LogP contribution in [-0.2, 0) is 0 Å². The van der Waals surface area contributed by atoms with Crippen LogP contribution >= 0.6 is 0 Å². The van der Waals surface area contributed by atoms with Crippen LogP contribution in [-0.4, -0.2) is 39.9 Å². The molecular formula is C23H15N3O6. The summed E-state index contributed by atoms with van der Waals surface area (Å²) in [5.41, 5.74) is 0.271. The van der Waals surface area contributed by atoms with Gasteiger partial charge in [0.25, 0.3) is 23.4 Å². The van der Waals surface area contributed by atoms with Crippen molar-refractivity contribution in [2.24, 2.45) is 0 Å². The monoisotopic (exact) mass is 429 g/mol. The van der Waals surface area contributed by atoms with Gasteiger partial charge in [0, 0.05) is 22.9 Å². The quantitative estimate of drug-likeness (QED) is 0.277. The number of nitrogens with zero attached hydrogens (tertiary/aromatic N) is 2. The molecule has 9 heteroatoms. The third kappa shape index (κ3) is 3.74. The SMILES string of the molecule is O=C(CN1C(=O)c2cccc([N+](=O)[O-])c2C1=O)c1ccc(NC(=O)c2ccccc2)cc1. The zero-order chi connectivity index (χ0) is 22.8. The van der Waals surface area contributed by atoms with E-state index in [0.29, 0.717) is 16.2 Å². The Labute approximate surface area is 181 Å². The molecule has 0 atom stereocenters. The molecule has 1 heterocycles. The van der Waals surface area contributed by atoms with Crippen molar-refractivity contribution in [3.05, 3.63) is 105 Å². The molecule has 1 N–H and O–H groups in total. The van der Waals surface area contributed by atoms with Gasteiger partial charge in [0.15, 0.2) is 5.78 Å². The summed E-state index contributed by atoms with van der Waals surface area (Å²) in [5.74, 6) is -2.47. The number of Topliss-reactive ketones (excluding diaryl/α,β-unsaturated/α-hetero) is 1. The standard InChI is InChI=1S/C23H15N3O6/c27-19(13-25-22(29)17-7-4-8-18(26(31)32)20(17)23(25)30)14-9-11-16(12-10-14)24-21(28)15-5-2-1-3-6-15/h1-12H,13H2,(H,24,28). The van der Waals surface area contributed by atoms with Gasteiger partial charge in [0.1, 0.15) is 5.56 Å². The molecule has 0 bridgehead atoms. The largest absolute Gasteiger partial charge is 0.322 e. The van der Waals surface area contributed by atoms with Crippen molar-refractivity contribution in [2.75, 3.05) is 11.9 Å². The highest BCUT2D eigenvalue weighted by molar-refractivity contribution is 6.24. The number of nitro groups is 1. The number of amides is 3. The van der Waals surface area contributed by atoms with E-state index >= 15 is 0 Å². The molecule has 0 saturated heterocycles. The van der Waals surface area contributed by atoms with Crippen LogP contribution in [0.15, 0.2) is 72.8 Å². The van der Waals surface area contributed by atoms with Crippen LogP contribution in [0.1, 0.15) is 41.4 Å². The highest BCUT2D eigenvalue weighted by Gasteiger charge is 2.41. The first-order valence-corrected chi connectivity index (χ1v) is 9.50. The maximum atomic E-state index is 12.6. The van der Waals surface area contributed by atoms with Crippen molar-refractivity contribution in [1.29, 1.82) is 0 Å². The number of anilines is 1.